The Morgan fingerprint density at radius 3 is 2.38 bits per heavy atom. The van der Waals surface area contributed by atoms with Crippen LogP contribution in [0.25, 0.3) is 0 Å². The van der Waals surface area contributed by atoms with Crippen LogP contribution in [0, 0.1) is 0 Å². The molecule has 0 radical (unpaired) electrons. The lowest BCUT2D eigenvalue weighted by Crippen LogP contribution is -2.52. The average molecular weight is 435 g/mol. The minimum absolute atomic E-state index is 0.00669. The van der Waals surface area contributed by atoms with Crippen molar-refractivity contribution in [2.45, 2.75) is 26.3 Å². The molecule has 2 aliphatic rings. The van der Waals surface area contributed by atoms with Crippen molar-refractivity contribution in [2.75, 3.05) is 56.0 Å². The number of aliphatic imine (C=N–C) groups is 1. The van der Waals surface area contributed by atoms with E-state index in [0.29, 0.717) is 6.54 Å². The van der Waals surface area contributed by atoms with Gasteiger partial charge in [0.15, 0.2) is 5.96 Å². The zero-order valence-corrected chi connectivity index (χ0v) is 19.0. The number of anilines is 2. The van der Waals surface area contributed by atoms with Gasteiger partial charge in [-0.05, 0) is 49.6 Å². The normalized spacial score (nSPS) is 16.9. The lowest BCUT2D eigenvalue weighted by molar-refractivity contribution is 0.222. The first kappa shape index (κ1) is 22.0. The largest absolute Gasteiger partial charge is 0.368 e. The summed E-state index contributed by atoms with van der Waals surface area (Å²) in [5.74, 6) is 0.951. The van der Waals surface area contributed by atoms with Gasteiger partial charge >= 0.3 is 6.03 Å². The summed E-state index contributed by atoms with van der Waals surface area (Å²) < 4.78 is 0. The Bertz CT molecular complexity index is 902. The highest BCUT2D eigenvalue weighted by Gasteiger charge is 2.20. The van der Waals surface area contributed by atoms with Crippen molar-refractivity contribution in [2.24, 2.45) is 4.99 Å². The summed E-state index contributed by atoms with van der Waals surface area (Å²) in [7, 11) is 0. The number of carbonyl (C=O) groups is 1. The molecule has 2 fully saturated rings. The molecule has 0 spiro atoms. The minimum atomic E-state index is -0.00669. The number of nitrogens with one attached hydrogen (secondary N) is 2. The Hall–Kier alpha value is -3.22. The quantitative estimate of drug-likeness (QED) is 0.558. The molecule has 2 aromatic carbocycles. The lowest BCUT2D eigenvalue weighted by atomic mass is 10.2. The Morgan fingerprint density at radius 1 is 0.906 bits per heavy atom. The standard InChI is InChI=1S/C25H34N6O/c1-2-26-24(30-17-15-29(16-18-30)23-11-4-3-5-12-23)27-20-21-9-8-10-22(19-21)28-25(32)31-13-6-7-14-31/h3-5,8-12,19H,2,6-7,13-18,20H2,1H3,(H,26,27)(H,28,32). The van der Waals surface area contributed by atoms with E-state index in [0.717, 1.165) is 75.9 Å². The van der Waals surface area contributed by atoms with Gasteiger partial charge in [0.05, 0.1) is 6.54 Å². The van der Waals surface area contributed by atoms with Gasteiger partial charge in [0.1, 0.15) is 0 Å². The van der Waals surface area contributed by atoms with Crippen LogP contribution in [0.15, 0.2) is 59.6 Å². The molecule has 7 heteroatoms. The van der Waals surface area contributed by atoms with E-state index in [1.165, 1.54) is 5.69 Å². The Balaban J connectivity index is 1.35. The van der Waals surface area contributed by atoms with Crippen molar-refractivity contribution < 1.29 is 4.79 Å². The molecule has 0 aliphatic carbocycles. The lowest BCUT2D eigenvalue weighted by Gasteiger charge is -2.37. The predicted octanol–water partition coefficient (Wildman–Crippen LogP) is 3.60. The average Bonchev–Trinajstić information content (AvgIpc) is 3.38. The number of benzene rings is 2. The molecule has 0 bridgehead atoms. The molecule has 2 aliphatic heterocycles. The Labute approximate surface area is 191 Å². The molecular weight excluding hydrogens is 400 g/mol. The molecule has 7 nitrogen and oxygen atoms in total. The van der Waals surface area contributed by atoms with Crippen LogP contribution in [-0.2, 0) is 6.54 Å². The number of para-hydroxylation sites is 1. The molecule has 0 unspecified atom stereocenters. The van der Waals surface area contributed by atoms with Crippen LogP contribution < -0.4 is 15.5 Å². The second-order valence-corrected chi connectivity index (χ2v) is 8.30. The zero-order chi connectivity index (χ0) is 22.2. The zero-order valence-electron chi connectivity index (χ0n) is 19.0. The third-order valence-electron chi connectivity index (χ3n) is 6.02. The van der Waals surface area contributed by atoms with Crippen molar-refractivity contribution in [1.29, 1.82) is 0 Å². The number of hydrogen-bond acceptors (Lipinski definition) is 3. The summed E-state index contributed by atoms with van der Waals surface area (Å²) in [6, 6.07) is 18.6. The highest BCUT2D eigenvalue weighted by molar-refractivity contribution is 5.89. The number of nitrogens with zero attached hydrogens (tertiary/aromatic N) is 4. The van der Waals surface area contributed by atoms with Crippen LogP contribution in [-0.4, -0.2) is 67.6 Å². The van der Waals surface area contributed by atoms with E-state index in [-0.39, 0.29) is 6.03 Å². The maximum Gasteiger partial charge on any atom is 0.321 e. The highest BCUT2D eigenvalue weighted by Crippen LogP contribution is 2.17. The molecule has 2 aromatic rings. The summed E-state index contributed by atoms with van der Waals surface area (Å²) in [5.41, 5.74) is 3.19. The Kier molecular flexibility index (Phi) is 7.48. The fourth-order valence-electron chi connectivity index (χ4n) is 4.28. The molecule has 2 heterocycles. The molecule has 0 aromatic heterocycles. The van der Waals surface area contributed by atoms with Gasteiger partial charge < -0.3 is 25.3 Å². The number of carbonyl (C=O) groups excluding carboxylic acids is 1. The molecule has 170 valence electrons. The molecule has 32 heavy (non-hydrogen) atoms. The van der Waals surface area contributed by atoms with Crippen LogP contribution in [0.2, 0.25) is 0 Å². The smallest absolute Gasteiger partial charge is 0.321 e. The number of piperazine rings is 1. The molecule has 2 N–H and O–H groups in total. The molecular formula is C25H34N6O. The van der Waals surface area contributed by atoms with Gasteiger partial charge in [-0.15, -0.1) is 0 Å². The van der Waals surface area contributed by atoms with Crippen molar-refractivity contribution in [1.82, 2.24) is 15.1 Å². The van der Waals surface area contributed by atoms with Gasteiger partial charge in [-0.2, -0.15) is 0 Å². The van der Waals surface area contributed by atoms with Gasteiger partial charge in [0, 0.05) is 57.2 Å². The second kappa shape index (κ2) is 10.9. The molecule has 2 amide bonds. The first-order valence-corrected chi connectivity index (χ1v) is 11.7. The maximum atomic E-state index is 12.4. The summed E-state index contributed by atoms with van der Waals surface area (Å²) >= 11 is 0. The molecule has 0 atom stereocenters. The maximum absolute atomic E-state index is 12.4. The summed E-state index contributed by atoms with van der Waals surface area (Å²) in [5, 5.41) is 6.47. The van der Waals surface area contributed by atoms with Crippen LogP contribution in [0.1, 0.15) is 25.3 Å². The SMILES string of the molecule is CCNC(=NCc1cccc(NC(=O)N2CCCC2)c1)N1CCN(c2ccccc2)CC1. The fraction of sp³-hybridized carbons (Fsp3) is 0.440. The van der Waals surface area contributed by atoms with Crippen molar-refractivity contribution >= 4 is 23.4 Å². The van der Waals surface area contributed by atoms with E-state index < -0.39 is 0 Å². The van der Waals surface area contributed by atoms with E-state index in [2.05, 4.69) is 63.8 Å². The Morgan fingerprint density at radius 2 is 1.66 bits per heavy atom. The monoisotopic (exact) mass is 434 g/mol. The summed E-state index contributed by atoms with van der Waals surface area (Å²) in [4.78, 5) is 23.9. The van der Waals surface area contributed by atoms with Crippen molar-refractivity contribution in [3.05, 3.63) is 60.2 Å². The topological polar surface area (TPSA) is 63.2 Å². The predicted molar refractivity (Wildman–Crippen MR) is 131 cm³/mol. The van der Waals surface area contributed by atoms with Crippen LogP contribution in [0.3, 0.4) is 0 Å². The van der Waals surface area contributed by atoms with E-state index in [1.54, 1.807) is 0 Å². The number of rotatable bonds is 5. The van der Waals surface area contributed by atoms with Gasteiger partial charge in [0.2, 0.25) is 0 Å². The van der Waals surface area contributed by atoms with Gasteiger partial charge in [-0.25, -0.2) is 9.79 Å². The number of likely N-dealkylation sites (tertiary alicyclic amines) is 1. The van der Waals surface area contributed by atoms with E-state index in [9.17, 15) is 4.79 Å². The number of hydrogen-bond donors (Lipinski definition) is 2. The fourth-order valence-corrected chi connectivity index (χ4v) is 4.28. The number of amides is 2. The second-order valence-electron chi connectivity index (χ2n) is 8.30. The van der Waals surface area contributed by atoms with E-state index >= 15 is 0 Å². The first-order valence-electron chi connectivity index (χ1n) is 11.7. The third kappa shape index (κ3) is 5.72. The van der Waals surface area contributed by atoms with Crippen LogP contribution in [0.4, 0.5) is 16.2 Å². The molecule has 2 saturated heterocycles. The summed E-state index contributed by atoms with van der Waals surface area (Å²) in [6.07, 6.45) is 2.18. The van der Waals surface area contributed by atoms with Crippen molar-refractivity contribution in [3.63, 3.8) is 0 Å². The van der Waals surface area contributed by atoms with E-state index in [1.807, 2.05) is 23.1 Å². The van der Waals surface area contributed by atoms with E-state index in [4.69, 9.17) is 4.99 Å². The number of guanidine groups is 1. The molecule has 4 rings (SSSR count). The summed E-state index contributed by atoms with van der Waals surface area (Å²) in [6.45, 7) is 9.04. The van der Waals surface area contributed by atoms with Crippen LogP contribution >= 0.6 is 0 Å². The van der Waals surface area contributed by atoms with Crippen LogP contribution in [0.5, 0.6) is 0 Å². The van der Waals surface area contributed by atoms with Gasteiger partial charge in [-0.3, -0.25) is 0 Å². The minimum Gasteiger partial charge on any atom is -0.368 e. The third-order valence-corrected chi connectivity index (χ3v) is 6.02. The molecule has 0 saturated carbocycles. The highest BCUT2D eigenvalue weighted by atomic mass is 16.2. The van der Waals surface area contributed by atoms with Gasteiger partial charge in [-0.1, -0.05) is 30.3 Å². The van der Waals surface area contributed by atoms with Crippen molar-refractivity contribution in [3.8, 4) is 0 Å². The first-order chi connectivity index (χ1) is 15.7. The number of urea groups is 1. The van der Waals surface area contributed by atoms with Gasteiger partial charge in [0.25, 0.3) is 0 Å².